The molecule has 4 heterocycles. The zero-order valence-corrected chi connectivity index (χ0v) is 14.7. The fourth-order valence-corrected chi connectivity index (χ4v) is 3.50. The minimum absolute atomic E-state index is 0.247. The molecule has 9 heteroatoms. The van der Waals surface area contributed by atoms with Crippen molar-refractivity contribution in [3.8, 4) is 0 Å². The minimum atomic E-state index is -0.625. The van der Waals surface area contributed by atoms with E-state index < -0.39 is 6.04 Å². The van der Waals surface area contributed by atoms with Gasteiger partial charge >= 0.3 is 12.0 Å². The number of rotatable bonds is 3. The second-order valence-electron chi connectivity index (χ2n) is 6.55. The van der Waals surface area contributed by atoms with Gasteiger partial charge in [0.15, 0.2) is 5.76 Å². The number of aromatic nitrogens is 1. The van der Waals surface area contributed by atoms with Gasteiger partial charge in [0.2, 0.25) is 0 Å². The van der Waals surface area contributed by atoms with Gasteiger partial charge in [-0.1, -0.05) is 0 Å². The van der Waals surface area contributed by atoms with Gasteiger partial charge in [-0.05, 0) is 6.92 Å². The van der Waals surface area contributed by atoms with Crippen LogP contribution in [0.5, 0.6) is 0 Å². The van der Waals surface area contributed by atoms with E-state index in [1.165, 1.54) is 9.80 Å². The highest BCUT2D eigenvalue weighted by atomic mass is 16.5. The monoisotopic (exact) mass is 348 g/mol. The third-order valence-electron chi connectivity index (χ3n) is 5.14. The van der Waals surface area contributed by atoms with Crippen LogP contribution in [-0.2, 0) is 9.53 Å². The molecule has 0 radical (unpaired) electrons. The van der Waals surface area contributed by atoms with Gasteiger partial charge in [0.1, 0.15) is 5.69 Å². The van der Waals surface area contributed by atoms with Crippen LogP contribution in [0.15, 0.2) is 9.41 Å². The summed E-state index contributed by atoms with van der Waals surface area (Å²) in [6.45, 7) is 7.76. The quantitative estimate of drug-likeness (QED) is 0.718. The molecule has 0 N–H and O–H groups in total. The molecule has 0 aliphatic carbocycles. The van der Waals surface area contributed by atoms with E-state index in [-0.39, 0.29) is 11.9 Å². The van der Waals surface area contributed by atoms with Crippen molar-refractivity contribution in [1.29, 1.82) is 0 Å². The average molecular weight is 348 g/mol. The Morgan fingerprint density at radius 2 is 1.92 bits per heavy atom. The van der Waals surface area contributed by atoms with Crippen LogP contribution >= 0.6 is 0 Å². The Balaban J connectivity index is 1.58. The molecule has 2 saturated heterocycles. The first-order chi connectivity index (χ1) is 12.0. The van der Waals surface area contributed by atoms with Crippen LogP contribution in [0.2, 0.25) is 0 Å². The maximum Gasteiger partial charge on any atom is 0.507 e. The first-order valence-electron chi connectivity index (χ1n) is 8.48. The van der Waals surface area contributed by atoms with Gasteiger partial charge in [0, 0.05) is 45.1 Å². The number of amides is 3. The van der Waals surface area contributed by atoms with Crippen molar-refractivity contribution in [3.63, 3.8) is 0 Å². The summed E-state index contributed by atoms with van der Waals surface area (Å²) in [4.78, 5) is 35.0. The summed E-state index contributed by atoms with van der Waals surface area (Å²) < 4.78 is 12.7. The van der Waals surface area contributed by atoms with Crippen LogP contribution < -0.4 is 4.57 Å². The molecule has 2 fully saturated rings. The van der Waals surface area contributed by atoms with Crippen molar-refractivity contribution in [3.05, 3.63) is 11.5 Å². The number of nitrogens with zero attached hydrogens (tertiary/aromatic N) is 5. The van der Waals surface area contributed by atoms with E-state index in [1.807, 2.05) is 13.8 Å². The first-order valence-corrected chi connectivity index (χ1v) is 8.48. The molecule has 1 aromatic heterocycles. The van der Waals surface area contributed by atoms with E-state index in [0.29, 0.717) is 38.2 Å². The number of morpholine rings is 1. The van der Waals surface area contributed by atoms with Crippen LogP contribution in [0.25, 0.3) is 0 Å². The van der Waals surface area contributed by atoms with Crippen molar-refractivity contribution < 1.29 is 23.3 Å². The Morgan fingerprint density at radius 3 is 2.64 bits per heavy atom. The predicted octanol–water partition coefficient (Wildman–Crippen LogP) is -0.00516. The normalized spacial score (nSPS) is 23.8. The maximum atomic E-state index is 13.1. The number of oxazole rings is 1. The molecule has 0 aromatic carbocycles. The van der Waals surface area contributed by atoms with Crippen molar-refractivity contribution in [1.82, 2.24) is 14.7 Å². The Morgan fingerprint density at radius 1 is 1.20 bits per heavy atom. The number of amidine groups is 1. The van der Waals surface area contributed by atoms with Gasteiger partial charge in [0.05, 0.1) is 13.2 Å². The van der Waals surface area contributed by atoms with E-state index in [4.69, 9.17) is 9.15 Å². The first kappa shape index (κ1) is 16.2. The van der Waals surface area contributed by atoms with E-state index in [1.54, 1.807) is 11.6 Å². The van der Waals surface area contributed by atoms with Gasteiger partial charge in [-0.3, -0.25) is 19.5 Å². The lowest BCUT2D eigenvalue weighted by molar-refractivity contribution is -0.685. The Labute approximate surface area is 145 Å². The molecule has 1 unspecified atom stereocenters. The van der Waals surface area contributed by atoms with Crippen LogP contribution in [0.3, 0.4) is 0 Å². The molecule has 3 amide bonds. The number of hydrogen-bond acceptors (Lipinski definition) is 6. The fraction of sp³-hybridized carbons (Fsp3) is 0.625. The standard InChI is InChI=1S/C16H22N5O4/c1-10-11(2)25-15-17-13-12(21(10)15)14(22)20(16(23)18(13)3)5-4-19-6-8-24-9-7-19/h12H,4-9H2,1-3H3/q+1. The lowest BCUT2D eigenvalue weighted by Gasteiger charge is -2.34. The zero-order chi connectivity index (χ0) is 17.7. The predicted molar refractivity (Wildman–Crippen MR) is 86.6 cm³/mol. The molecule has 4 rings (SSSR count). The number of urea groups is 1. The van der Waals surface area contributed by atoms with Crippen molar-refractivity contribution in [2.45, 2.75) is 19.9 Å². The lowest BCUT2D eigenvalue weighted by Crippen LogP contribution is -2.64. The number of aliphatic imine (C=N–C) groups is 1. The summed E-state index contributed by atoms with van der Waals surface area (Å²) in [5.74, 6) is 0.909. The lowest BCUT2D eigenvalue weighted by atomic mass is 10.1. The van der Waals surface area contributed by atoms with E-state index in [2.05, 4.69) is 9.89 Å². The molecule has 0 spiro atoms. The van der Waals surface area contributed by atoms with Crippen LogP contribution in [-0.4, -0.2) is 78.9 Å². The highest BCUT2D eigenvalue weighted by Crippen LogP contribution is 2.30. The van der Waals surface area contributed by atoms with Crippen LogP contribution in [0.1, 0.15) is 17.5 Å². The van der Waals surface area contributed by atoms with Gasteiger partial charge in [0.25, 0.3) is 17.8 Å². The summed E-state index contributed by atoms with van der Waals surface area (Å²) in [5, 5.41) is 0. The Kier molecular flexibility index (Phi) is 3.84. The second-order valence-corrected chi connectivity index (χ2v) is 6.55. The average Bonchev–Trinajstić information content (AvgIpc) is 3.11. The van der Waals surface area contributed by atoms with Crippen LogP contribution in [0, 0.1) is 13.8 Å². The molecule has 134 valence electrons. The summed E-state index contributed by atoms with van der Waals surface area (Å²) >= 11 is 0. The Hall–Kier alpha value is -2.26. The molecule has 9 nitrogen and oxygen atoms in total. The van der Waals surface area contributed by atoms with Gasteiger partial charge in [-0.2, -0.15) is 4.57 Å². The molecule has 3 aliphatic rings. The molecular weight excluding hydrogens is 326 g/mol. The van der Waals surface area contributed by atoms with Crippen molar-refractivity contribution in [2.75, 3.05) is 46.4 Å². The molecule has 0 bridgehead atoms. The maximum absolute atomic E-state index is 13.1. The number of fused-ring (bicyclic) bond motifs is 3. The third kappa shape index (κ3) is 2.46. The van der Waals surface area contributed by atoms with E-state index >= 15 is 0 Å². The number of likely N-dealkylation sites (N-methyl/N-ethyl adjacent to an activating group) is 1. The highest BCUT2D eigenvalue weighted by Gasteiger charge is 2.55. The zero-order valence-electron chi connectivity index (χ0n) is 14.7. The number of hydrogen-bond donors (Lipinski definition) is 0. The third-order valence-corrected chi connectivity index (χ3v) is 5.14. The van der Waals surface area contributed by atoms with Crippen molar-refractivity contribution in [2.24, 2.45) is 4.99 Å². The SMILES string of the molecule is Cc1oc2[n+](c1C)C1C(=O)N(CCN3CCOCC3)C(=O)N(C)C1=N2. The fourth-order valence-electron chi connectivity index (χ4n) is 3.50. The highest BCUT2D eigenvalue weighted by molar-refractivity contribution is 6.18. The molecule has 1 atom stereocenters. The van der Waals surface area contributed by atoms with E-state index in [9.17, 15) is 9.59 Å². The molecular formula is C16H22N5O4+. The number of carbonyl (C=O) groups is 2. The largest absolute Gasteiger partial charge is 0.507 e. The van der Waals surface area contributed by atoms with Gasteiger partial charge in [-0.15, -0.1) is 0 Å². The summed E-state index contributed by atoms with van der Waals surface area (Å²) in [7, 11) is 1.65. The summed E-state index contributed by atoms with van der Waals surface area (Å²) in [5.41, 5.74) is 0.850. The van der Waals surface area contributed by atoms with Crippen molar-refractivity contribution >= 4 is 23.8 Å². The number of imide groups is 1. The molecule has 1 aromatic rings. The van der Waals surface area contributed by atoms with E-state index in [0.717, 1.165) is 24.5 Å². The summed E-state index contributed by atoms with van der Waals surface area (Å²) in [6, 6.07) is -0.591. The Bertz CT molecular complexity index is 765. The smallest absolute Gasteiger partial charge is 0.389 e. The number of aryl methyl sites for hydroxylation is 1. The van der Waals surface area contributed by atoms with Gasteiger partial charge in [-0.25, -0.2) is 4.79 Å². The topological polar surface area (TPSA) is 82.5 Å². The number of ether oxygens (including phenoxy) is 1. The van der Waals surface area contributed by atoms with Crippen LogP contribution in [0.4, 0.5) is 10.8 Å². The van der Waals surface area contributed by atoms with Gasteiger partial charge < -0.3 is 9.15 Å². The number of carbonyl (C=O) groups excluding carboxylic acids is 2. The molecule has 3 aliphatic heterocycles. The second kappa shape index (κ2) is 5.92. The molecule has 0 saturated carbocycles. The minimum Gasteiger partial charge on any atom is -0.389 e. The molecule has 25 heavy (non-hydrogen) atoms. The summed E-state index contributed by atoms with van der Waals surface area (Å²) in [6.07, 6.45) is 0.